The highest BCUT2D eigenvalue weighted by Gasteiger charge is 2.44. The third kappa shape index (κ3) is 3.42. The smallest absolute Gasteiger partial charge is 0.314 e. The van der Waals surface area contributed by atoms with Crippen LogP contribution in [0.3, 0.4) is 0 Å². The first-order valence-corrected chi connectivity index (χ1v) is 7.42. The highest BCUT2D eigenvalue weighted by atomic mass is 16.4. The summed E-state index contributed by atoms with van der Waals surface area (Å²) in [7, 11) is 2.08. The van der Waals surface area contributed by atoms with Gasteiger partial charge in [0.25, 0.3) is 0 Å². The Morgan fingerprint density at radius 3 is 2.45 bits per heavy atom. The van der Waals surface area contributed by atoms with E-state index in [1.165, 1.54) is 12.8 Å². The molecule has 3 N–H and O–H groups in total. The molecule has 0 radical (unpaired) electrons. The maximum absolute atomic E-state index is 11.7. The monoisotopic (exact) mass is 283 g/mol. The Labute approximate surface area is 119 Å². The lowest BCUT2D eigenvalue weighted by molar-refractivity contribution is -0.153. The summed E-state index contributed by atoms with van der Waals surface area (Å²) < 4.78 is 0. The van der Waals surface area contributed by atoms with Crippen LogP contribution in [0.25, 0.3) is 0 Å². The van der Waals surface area contributed by atoms with Gasteiger partial charge in [-0.2, -0.15) is 0 Å². The minimum Gasteiger partial charge on any atom is -0.481 e. The van der Waals surface area contributed by atoms with E-state index in [4.69, 9.17) is 0 Å². The lowest BCUT2D eigenvalue weighted by atomic mass is 9.69. The summed E-state index contributed by atoms with van der Waals surface area (Å²) in [6, 6.07) is 0.694. The molecule has 20 heavy (non-hydrogen) atoms. The summed E-state index contributed by atoms with van der Waals surface area (Å²) in [5.74, 6) is -0.800. The van der Waals surface area contributed by atoms with Crippen LogP contribution in [-0.2, 0) is 4.79 Å². The number of rotatable bonds is 7. The van der Waals surface area contributed by atoms with Gasteiger partial charge in [-0.15, -0.1) is 0 Å². The number of nitrogens with zero attached hydrogens (tertiary/aromatic N) is 1. The van der Waals surface area contributed by atoms with E-state index in [1.807, 2.05) is 0 Å². The van der Waals surface area contributed by atoms with E-state index in [2.05, 4.69) is 29.5 Å². The fourth-order valence-electron chi connectivity index (χ4n) is 2.61. The number of carboxylic acid groups (broad SMARTS) is 1. The predicted molar refractivity (Wildman–Crippen MR) is 75.6 cm³/mol. The fraction of sp³-hybridized carbons (Fsp3) is 0.857. The van der Waals surface area contributed by atoms with Crippen molar-refractivity contribution in [1.82, 2.24) is 15.5 Å². The number of carboxylic acids is 1. The van der Waals surface area contributed by atoms with Crippen molar-refractivity contribution < 1.29 is 14.7 Å². The standard InChI is InChI=1S/C14H25N3O3/c1-10(17(2)11-4-5-11)8-15-13(20)16-9-14(12(18)19)6-3-7-14/h10-11H,3-9H2,1-2H3,(H,18,19)(H2,15,16,20). The van der Waals surface area contributed by atoms with E-state index in [9.17, 15) is 14.7 Å². The van der Waals surface area contributed by atoms with Gasteiger partial charge in [-0.1, -0.05) is 6.42 Å². The quantitative estimate of drug-likeness (QED) is 0.651. The van der Waals surface area contributed by atoms with Crippen molar-refractivity contribution in [3.8, 4) is 0 Å². The second-order valence-electron chi connectivity index (χ2n) is 6.25. The Morgan fingerprint density at radius 1 is 1.35 bits per heavy atom. The van der Waals surface area contributed by atoms with Gasteiger partial charge in [0.05, 0.1) is 5.41 Å². The van der Waals surface area contributed by atoms with Crippen molar-refractivity contribution in [2.45, 2.75) is 51.1 Å². The number of likely N-dealkylation sites (N-methyl/N-ethyl adjacent to an activating group) is 1. The summed E-state index contributed by atoms with van der Waals surface area (Å²) in [5.41, 5.74) is -0.728. The van der Waals surface area contributed by atoms with Crippen LogP contribution >= 0.6 is 0 Å². The van der Waals surface area contributed by atoms with E-state index in [0.717, 1.165) is 6.42 Å². The van der Waals surface area contributed by atoms with Gasteiger partial charge < -0.3 is 15.7 Å². The molecule has 2 aliphatic rings. The Balaban J connectivity index is 1.66. The molecule has 0 aromatic carbocycles. The zero-order chi connectivity index (χ0) is 14.8. The van der Waals surface area contributed by atoms with Crippen LogP contribution in [0.15, 0.2) is 0 Å². The first kappa shape index (κ1) is 15.1. The summed E-state index contributed by atoms with van der Waals surface area (Å²) in [4.78, 5) is 25.2. The van der Waals surface area contributed by atoms with Gasteiger partial charge in [0, 0.05) is 25.2 Å². The van der Waals surface area contributed by atoms with Crippen LogP contribution in [-0.4, -0.2) is 54.2 Å². The molecule has 6 heteroatoms. The molecule has 2 aliphatic carbocycles. The molecular formula is C14H25N3O3. The second-order valence-corrected chi connectivity index (χ2v) is 6.25. The highest BCUT2D eigenvalue weighted by Crippen LogP contribution is 2.40. The highest BCUT2D eigenvalue weighted by molar-refractivity contribution is 5.78. The molecule has 0 aliphatic heterocycles. The Morgan fingerprint density at radius 2 is 2.00 bits per heavy atom. The lowest BCUT2D eigenvalue weighted by Crippen LogP contribution is -2.51. The van der Waals surface area contributed by atoms with Crippen LogP contribution in [0, 0.1) is 5.41 Å². The Bertz CT molecular complexity index is 378. The average molecular weight is 283 g/mol. The summed E-state index contributed by atoms with van der Waals surface area (Å²) in [6.07, 6.45) is 4.73. The summed E-state index contributed by atoms with van der Waals surface area (Å²) in [6.45, 7) is 2.89. The Hall–Kier alpha value is -1.30. The van der Waals surface area contributed by atoms with Crippen LogP contribution in [0.2, 0.25) is 0 Å². The largest absolute Gasteiger partial charge is 0.481 e. The number of carbonyl (C=O) groups is 2. The van der Waals surface area contributed by atoms with Crippen molar-refractivity contribution >= 4 is 12.0 Å². The minimum absolute atomic E-state index is 0.223. The summed E-state index contributed by atoms with van der Waals surface area (Å²) in [5, 5.41) is 14.7. The molecule has 2 fully saturated rings. The number of nitrogens with one attached hydrogen (secondary N) is 2. The van der Waals surface area contributed by atoms with Gasteiger partial charge >= 0.3 is 12.0 Å². The van der Waals surface area contributed by atoms with E-state index >= 15 is 0 Å². The molecule has 1 atom stereocenters. The topological polar surface area (TPSA) is 81.7 Å². The third-order valence-electron chi connectivity index (χ3n) is 4.73. The molecule has 0 aromatic rings. The number of amides is 2. The zero-order valence-corrected chi connectivity index (χ0v) is 12.3. The second kappa shape index (κ2) is 5.99. The number of aliphatic carboxylic acids is 1. The molecule has 2 amide bonds. The van der Waals surface area contributed by atoms with Crippen LogP contribution in [0.5, 0.6) is 0 Å². The Kier molecular flexibility index (Phi) is 4.52. The van der Waals surface area contributed by atoms with Gasteiger partial charge in [0.1, 0.15) is 0 Å². The molecule has 0 bridgehead atoms. The first-order chi connectivity index (χ1) is 9.44. The van der Waals surface area contributed by atoms with Crippen molar-refractivity contribution in [2.24, 2.45) is 5.41 Å². The normalized spacial score (nSPS) is 21.9. The van der Waals surface area contributed by atoms with E-state index < -0.39 is 11.4 Å². The van der Waals surface area contributed by atoms with E-state index in [1.54, 1.807) is 0 Å². The summed E-state index contributed by atoms with van der Waals surface area (Å²) >= 11 is 0. The SMILES string of the molecule is CC(CNC(=O)NCC1(C(=O)O)CCC1)N(C)C1CC1. The zero-order valence-electron chi connectivity index (χ0n) is 12.3. The molecular weight excluding hydrogens is 258 g/mol. The first-order valence-electron chi connectivity index (χ1n) is 7.42. The van der Waals surface area contributed by atoms with Crippen molar-refractivity contribution in [2.75, 3.05) is 20.1 Å². The minimum atomic E-state index is -0.800. The van der Waals surface area contributed by atoms with Crippen LogP contribution in [0.1, 0.15) is 39.0 Å². The van der Waals surface area contributed by atoms with Crippen molar-refractivity contribution in [3.05, 3.63) is 0 Å². The molecule has 0 spiro atoms. The number of urea groups is 1. The molecule has 2 rings (SSSR count). The molecule has 6 nitrogen and oxygen atoms in total. The van der Waals surface area contributed by atoms with Gasteiger partial charge in [0.2, 0.25) is 0 Å². The fourth-order valence-corrected chi connectivity index (χ4v) is 2.61. The number of carbonyl (C=O) groups excluding carboxylic acids is 1. The predicted octanol–water partition coefficient (Wildman–Crippen LogP) is 1.02. The average Bonchev–Trinajstić information content (AvgIpc) is 3.17. The van der Waals surface area contributed by atoms with E-state index in [0.29, 0.717) is 31.5 Å². The number of hydrogen-bond acceptors (Lipinski definition) is 3. The van der Waals surface area contributed by atoms with Gasteiger partial charge in [-0.3, -0.25) is 9.69 Å². The van der Waals surface area contributed by atoms with Gasteiger partial charge in [0.15, 0.2) is 0 Å². The molecule has 0 saturated heterocycles. The van der Waals surface area contributed by atoms with Crippen molar-refractivity contribution in [1.29, 1.82) is 0 Å². The van der Waals surface area contributed by atoms with E-state index in [-0.39, 0.29) is 12.6 Å². The molecule has 1 unspecified atom stereocenters. The van der Waals surface area contributed by atoms with Gasteiger partial charge in [-0.05, 0) is 39.7 Å². The van der Waals surface area contributed by atoms with Crippen molar-refractivity contribution in [3.63, 3.8) is 0 Å². The van der Waals surface area contributed by atoms with Crippen LogP contribution < -0.4 is 10.6 Å². The lowest BCUT2D eigenvalue weighted by Gasteiger charge is -2.37. The molecule has 0 heterocycles. The van der Waals surface area contributed by atoms with Gasteiger partial charge in [-0.25, -0.2) is 4.79 Å². The molecule has 0 aromatic heterocycles. The molecule has 114 valence electrons. The maximum Gasteiger partial charge on any atom is 0.314 e. The maximum atomic E-state index is 11.7. The number of hydrogen-bond donors (Lipinski definition) is 3. The molecule has 2 saturated carbocycles. The third-order valence-corrected chi connectivity index (χ3v) is 4.73. The van der Waals surface area contributed by atoms with Crippen LogP contribution in [0.4, 0.5) is 4.79 Å².